The van der Waals surface area contributed by atoms with Gasteiger partial charge in [0, 0.05) is 10.0 Å². The van der Waals surface area contributed by atoms with Gasteiger partial charge in [0.25, 0.3) is 5.91 Å². The van der Waals surface area contributed by atoms with Gasteiger partial charge in [0.15, 0.2) is 0 Å². The molecule has 24 heavy (non-hydrogen) atoms. The molecule has 3 rings (SSSR count). The molecule has 0 atom stereocenters. The molecule has 1 aromatic heterocycles. The zero-order chi connectivity index (χ0) is 16.9. The minimum Gasteiger partial charge on any atom is -0.492 e. The number of hydrogen-bond acceptors (Lipinski definition) is 3. The Hall–Kier alpha value is -2.60. The summed E-state index contributed by atoms with van der Waals surface area (Å²) >= 11 is 3.40. The van der Waals surface area contributed by atoms with Crippen molar-refractivity contribution < 1.29 is 9.53 Å². The third-order valence-electron chi connectivity index (χ3n) is 3.40. The Kier molecular flexibility index (Phi) is 4.96. The molecule has 0 unspecified atom stereocenters. The van der Waals surface area contributed by atoms with Crippen LogP contribution in [0.4, 0.5) is 5.69 Å². The lowest BCUT2D eigenvalue weighted by Gasteiger charge is -2.10. The van der Waals surface area contributed by atoms with E-state index in [-0.39, 0.29) is 5.91 Å². The molecule has 122 valence electrons. The van der Waals surface area contributed by atoms with Crippen molar-refractivity contribution in [3.63, 3.8) is 0 Å². The number of hydrogen-bond donors (Lipinski definition) is 2. The number of H-pyrrole nitrogens is 1. The molecule has 6 heteroatoms. The van der Waals surface area contributed by atoms with E-state index in [2.05, 4.69) is 31.4 Å². The van der Waals surface area contributed by atoms with Gasteiger partial charge in [0.2, 0.25) is 0 Å². The number of para-hydroxylation sites is 2. The van der Waals surface area contributed by atoms with Crippen molar-refractivity contribution >= 4 is 27.5 Å². The van der Waals surface area contributed by atoms with Crippen LogP contribution in [0.2, 0.25) is 0 Å². The SMILES string of the molecule is CCOc1ccccc1NC(=O)c1cc(-c2ccc(Br)cc2)n[nH]1. The molecule has 0 spiro atoms. The fraction of sp³-hybridized carbons (Fsp3) is 0.111. The van der Waals surface area contributed by atoms with E-state index in [1.807, 2.05) is 49.4 Å². The van der Waals surface area contributed by atoms with Crippen LogP contribution in [0.1, 0.15) is 17.4 Å². The molecule has 0 aliphatic heterocycles. The third-order valence-corrected chi connectivity index (χ3v) is 3.93. The lowest BCUT2D eigenvalue weighted by molar-refractivity contribution is 0.102. The van der Waals surface area contributed by atoms with Gasteiger partial charge in [-0.3, -0.25) is 9.89 Å². The molecule has 0 bridgehead atoms. The van der Waals surface area contributed by atoms with Crippen molar-refractivity contribution in [3.05, 3.63) is 64.8 Å². The molecule has 2 N–H and O–H groups in total. The molecule has 0 saturated heterocycles. The monoisotopic (exact) mass is 385 g/mol. The maximum absolute atomic E-state index is 12.4. The second-order valence-electron chi connectivity index (χ2n) is 5.06. The molecular formula is C18H16BrN3O2. The highest BCUT2D eigenvalue weighted by atomic mass is 79.9. The summed E-state index contributed by atoms with van der Waals surface area (Å²) in [5, 5.41) is 9.82. The summed E-state index contributed by atoms with van der Waals surface area (Å²) in [5.41, 5.74) is 2.66. The summed E-state index contributed by atoms with van der Waals surface area (Å²) in [6, 6.07) is 16.8. The van der Waals surface area contributed by atoms with Gasteiger partial charge in [0.05, 0.1) is 18.0 Å². The number of aromatic nitrogens is 2. The molecular weight excluding hydrogens is 370 g/mol. The Balaban J connectivity index is 1.78. The van der Waals surface area contributed by atoms with Crippen LogP contribution in [-0.2, 0) is 0 Å². The van der Waals surface area contributed by atoms with E-state index in [4.69, 9.17) is 4.74 Å². The number of nitrogens with zero attached hydrogens (tertiary/aromatic N) is 1. The quantitative estimate of drug-likeness (QED) is 0.679. The van der Waals surface area contributed by atoms with Crippen molar-refractivity contribution in [1.29, 1.82) is 0 Å². The average Bonchev–Trinajstić information content (AvgIpc) is 3.08. The topological polar surface area (TPSA) is 67.0 Å². The summed E-state index contributed by atoms with van der Waals surface area (Å²) in [6.45, 7) is 2.43. The van der Waals surface area contributed by atoms with Gasteiger partial charge in [-0.1, -0.05) is 40.2 Å². The number of nitrogens with one attached hydrogen (secondary N) is 2. The summed E-state index contributed by atoms with van der Waals surface area (Å²) < 4.78 is 6.51. The normalized spacial score (nSPS) is 10.4. The Labute approximate surface area is 148 Å². The standard InChI is InChI=1S/C18H16BrN3O2/c1-2-24-17-6-4-3-5-14(17)20-18(23)16-11-15(21-22-16)12-7-9-13(19)10-8-12/h3-11H,2H2,1H3,(H,20,23)(H,21,22). The van der Waals surface area contributed by atoms with Gasteiger partial charge >= 0.3 is 0 Å². The van der Waals surface area contributed by atoms with Crippen LogP contribution in [0.3, 0.4) is 0 Å². The van der Waals surface area contributed by atoms with Crippen LogP contribution in [0.5, 0.6) is 5.75 Å². The van der Waals surface area contributed by atoms with Crippen LogP contribution in [0, 0.1) is 0 Å². The Bertz CT molecular complexity index is 843. The molecule has 1 heterocycles. The average molecular weight is 386 g/mol. The zero-order valence-electron chi connectivity index (χ0n) is 13.0. The predicted molar refractivity (Wildman–Crippen MR) is 97.3 cm³/mol. The van der Waals surface area contributed by atoms with E-state index in [0.717, 1.165) is 10.0 Å². The number of anilines is 1. The van der Waals surface area contributed by atoms with Gasteiger partial charge in [-0.25, -0.2) is 0 Å². The van der Waals surface area contributed by atoms with Gasteiger partial charge in [-0.05, 0) is 37.3 Å². The first-order valence-corrected chi connectivity index (χ1v) is 8.31. The highest BCUT2D eigenvalue weighted by Gasteiger charge is 2.13. The number of benzene rings is 2. The Morgan fingerprint density at radius 2 is 1.96 bits per heavy atom. The molecule has 0 radical (unpaired) electrons. The first-order valence-electron chi connectivity index (χ1n) is 7.52. The van der Waals surface area contributed by atoms with Crippen molar-refractivity contribution in [1.82, 2.24) is 10.2 Å². The lowest BCUT2D eigenvalue weighted by Crippen LogP contribution is -2.13. The molecule has 5 nitrogen and oxygen atoms in total. The van der Waals surface area contributed by atoms with Gasteiger partial charge in [0.1, 0.15) is 11.4 Å². The highest BCUT2D eigenvalue weighted by molar-refractivity contribution is 9.10. The van der Waals surface area contributed by atoms with Crippen LogP contribution in [-0.4, -0.2) is 22.7 Å². The van der Waals surface area contributed by atoms with Crippen LogP contribution < -0.4 is 10.1 Å². The number of carbonyl (C=O) groups is 1. The van der Waals surface area contributed by atoms with Crippen LogP contribution >= 0.6 is 15.9 Å². The van der Waals surface area contributed by atoms with E-state index >= 15 is 0 Å². The van der Waals surface area contributed by atoms with E-state index in [9.17, 15) is 4.79 Å². The molecule has 0 saturated carbocycles. The van der Waals surface area contributed by atoms with Crippen molar-refractivity contribution in [2.45, 2.75) is 6.92 Å². The van der Waals surface area contributed by atoms with E-state index < -0.39 is 0 Å². The van der Waals surface area contributed by atoms with Gasteiger partial charge < -0.3 is 10.1 Å². The number of carbonyl (C=O) groups excluding carboxylic acids is 1. The third kappa shape index (κ3) is 3.65. The second kappa shape index (κ2) is 7.31. The fourth-order valence-corrected chi connectivity index (χ4v) is 2.51. The second-order valence-corrected chi connectivity index (χ2v) is 5.97. The summed E-state index contributed by atoms with van der Waals surface area (Å²) in [5.74, 6) is 0.374. The summed E-state index contributed by atoms with van der Waals surface area (Å²) in [7, 11) is 0. The van der Waals surface area contributed by atoms with Crippen molar-refractivity contribution in [2.24, 2.45) is 0 Å². The minimum atomic E-state index is -0.266. The number of aromatic amines is 1. The molecule has 0 aliphatic rings. The number of amides is 1. The smallest absolute Gasteiger partial charge is 0.273 e. The lowest BCUT2D eigenvalue weighted by atomic mass is 10.1. The molecule has 0 aliphatic carbocycles. The van der Waals surface area contributed by atoms with Gasteiger partial charge in [-0.2, -0.15) is 5.10 Å². The number of ether oxygens (including phenoxy) is 1. The Morgan fingerprint density at radius 3 is 2.71 bits per heavy atom. The number of halogens is 1. The van der Waals surface area contributed by atoms with Crippen LogP contribution in [0.25, 0.3) is 11.3 Å². The predicted octanol–water partition coefficient (Wildman–Crippen LogP) is 4.49. The van der Waals surface area contributed by atoms with E-state index in [0.29, 0.717) is 29.4 Å². The summed E-state index contributed by atoms with van der Waals surface area (Å²) in [4.78, 5) is 12.4. The maximum Gasteiger partial charge on any atom is 0.273 e. The zero-order valence-corrected chi connectivity index (χ0v) is 14.6. The molecule has 2 aromatic carbocycles. The van der Waals surface area contributed by atoms with Crippen molar-refractivity contribution in [3.8, 4) is 17.0 Å². The Morgan fingerprint density at radius 1 is 1.21 bits per heavy atom. The first kappa shape index (κ1) is 16.3. The van der Waals surface area contributed by atoms with E-state index in [1.165, 1.54) is 0 Å². The molecule has 3 aromatic rings. The van der Waals surface area contributed by atoms with Crippen molar-refractivity contribution in [2.75, 3.05) is 11.9 Å². The van der Waals surface area contributed by atoms with Crippen LogP contribution in [0.15, 0.2) is 59.1 Å². The summed E-state index contributed by atoms with van der Waals surface area (Å²) in [6.07, 6.45) is 0. The highest BCUT2D eigenvalue weighted by Crippen LogP contribution is 2.25. The van der Waals surface area contributed by atoms with Gasteiger partial charge in [-0.15, -0.1) is 0 Å². The minimum absolute atomic E-state index is 0.266. The van der Waals surface area contributed by atoms with E-state index in [1.54, 1.807) is 12.1 Å². The maximum atomic E-state index is 12.4. The fourth-order valence-electron chi connectivity index (χ4n) is 2.25. The molecule has 1 amide bonds. The number of rotatable bonds is 5. The molecule has 0 fully saturated rings. The largest absolute Gasteiger partial charge is 0.492 e. The first-order chi connectivity index (χ1) is 11.7.